The van der Waals surface area contributed by atoms with Crippen LogP contribution in [0.3, 0.4) is 0 Å². The number of aromatic nitrogens is 2. The molecular formula is C12H19BrN4O. The van der Waals surface area contributed by atoms with Gasteiger partial charge in [0.05, 0.1) is 4.47 Å². The average Bonchev–Trinajstić information content (AvgIpc) is 3.11. The van der Waals surface area contributed by atoms with Crippen molar-refractivity contribution in [3.8, 4) is 0 Å². The zero-order valence-electron chi connectivity index (χ0n) is 10.5. The largest absolute Gasteiger partial charge is 0.396 e. The molecule has 0 aliphatic heterocycles. The molecule has 6 heteroatoms. The van der Waals surface area contributed by atoms with E-state index in [1.54, 1.807) is 6.20 Å². The number of anilines is 2. The van der Waals surface area contributed by atoms with Crippen LogP contribution >= 0.6 is 15.9 Å². The highest BCUT2D eigenvalue weighted by Crippen LogP contribution is 2.48. The number of aliphatic hydroxyl groups is 1. The second kappa shape index (κ2) is 5.84. The van der Waals surface area contributed by atoms with Crippen LogP contribution in [-0.4, -0.2) is 34.8 Å². The summed E-state index contributed by atoms with van der Waals surface area (Å²) in [7, 11) is 0. The molecule has 1 aliphatic carbocycles. The molecular weight excluding hydrogens is 296 g/mol. The summed E-state index contributed by atoms with van der Waals surface area (Å²) in [5.41, 5.74) is 0.275. The van der Waals surface area contributed by atoms with Crippen LogP contribution in [-0.2, 0) is 0 Å². The molecule has 3 N–H and O–H groups in total. The summed E-state index contributed by atoms with van der Waals surface area (Å²) >= 11 is 3.44. The molecule has 1 aliphatic rings. The van der Waals surface area contributed by atoms with Crippen molar-refractivity contribution in [3.05, 3.63) is 10.7 Å². The van der Waals surface area contributed by atoms with Gasteiger partial charge in [-0.3, -0.25) is 0 Å². The van der Waals surface area contributed by atoms with E-state index in [1.807, 2.05) is 6.92 Å². The maximum atomic E-state index is 9.04. The topological polar surface area (TPSA) is 70.1 Å². The van der Waals surface area contributed by atoms with E-state index < -0.39 is 0 Å². The van der Waals surface area contributed by atoms with Gasteiger partial charge in [-0.1, -0.05) is 0 Å². The highest BCUT2D eigenvalue weighted by Gasteiger charge is 2.41. The van der Waals surface area contributed by atoms with Gasteiger partial charge in [-0.15, -0.1) is 0 Å². The Kier molecular flexibility index (Phi) is 4.40. The van der Waals surface area contributed by atoms with E-state index in [0.29, 0.717) is 5.95 Å². The summed E-state index contributed by atoms with van der Waals surface area (Å²) in [4.78, 5) is 8.59. The Hall–Kier alpha value is -0.880. The van der Waals surface area contributed by atoms with Gasteiger partial charge in [0.25, 0.3) is 0 Å². The maximum absolute atomic E-state index is 9.04. The van der Waals surface area contributed by atoms with Crippen LogP contribution in [0.15, 0.2) is 10.7 Å². The van der Waals surface area contributed by atoms with Crippen molar-refractivity contribution in [1.82, 2.24) is 9.97 Å². The minimum Gasteiger partial charge on any atom is -0.396 e. The van der Waals surface area contributed by atoms with E-state index in [4.69, 9.17) is 5.11 Å². The van der Waals surface area contributed by atoms with Gasteiger partial charge in [0.2, 0.25) is 5.95 Å². The van der Waals surface area contributed by atoms with E-state index >= 15 is 0 Å². The second-order valence-electron chi connectivity index (χ2n) is 4.75. The first kappa shape index (κ1) is 13.5. The van der Waals surface area contributed by atoms with Crippen molar-refractivity contribution < 1.29 is 5.11 Å². The molecule has 1 heterocycles. The Morgan fingerprint density at radius 1 is 1.44 bits per heavy atom. The zero-order valence-corrected chi connectivity index (χ0v) is 12.1. The lowest BCUT2D eigenvalue weighted by molar-refractivity contribution is 0.253. The SMILES string of the molecule is CCNc1ncc(Br)c(NCC2(CCO)CC2)n1. The quantitative estimate of drug-likeness (QED) is 0.720. The lowest BCUT2D eigenvalue weighted by Crippen LogP contribution is -2.18. The molecule has 0 bridgehead atoms. The number of hydrogen-bond acceptors (Lipinski definition) is 5. The third kappa shape index (κ3) is 3.32. The maximum Gasteiger partial charge on any atom is 0.224 e. The highest BCUT2D eigenvalue weighted by atomic mass is 79.9. The Labute approximate surface area is 116 Å². The fraction of sp³-hybridized carbons (Fsp3) is 0.667. The van der Waals surface area contributed by atoms with Crippen LogP contribution in [0.1, 0.15) is 26.2 Å². The van der Waals surface area contributed by atoms with Crippen LogP contribution in [0, 0.1) is 5.41 Å². The monoisotopic (exact) mass is 314 g/mol. The first-order chi connectivity index (χ1) is 8.69. The molecule has 0 aromatic carbocycles. The number of hydrogen-bond donors (Lipinski definition) is 3. The Balaban J connectivity index is 1.97. The fourth-order valence-corrected chi connectivity index (χ4v) is 2.27. The Morgan fingerprint density at radius 2 is 2.22 bits per heavy atom. The van der Waals surface area contributed by atoms with E-state index in [-0.39, 0.29) is 12.0 Å². The number of nitrogens with zero attached hydrogens (tertiary/aromatic N) is 2. The molecule has 1 fully saturated rings. The molecule has 1 aromatic rings. The molecule has 2 rings (SSSR count). The molecule has 1 saturated carbocycles. The average molecular weight is 315 g/mol. The fourth-order valence-electron chi connectivity index (χ4n) is 1.93. The van der Waals surface area contributed by atoms with Gasteiger partial charge in [0, 0.05) is 25.9 Å². The van der Waals surface area contributed by atoms with Crippen molar-refractivity contribution >= 4 is 27.7 Å². The standard InChI is InChI=1S/C12H19BrN4O/c1-2-14-11-15-7-9(13)10(17-11)16-8-12(3-4-12)5-6-18/h7,18H,2-6,8H2,1H3,(H2,14,15,16,17). The van der Waals surface area contributed by atoms with Crippen LogP contribution in [0.5, 0.6) is 0 Å². The first-order valence-electron chi connectivity index (χ1n) is 6.30. The normalized spacial score (nSPS) is 16.4. The van der Waals surface area contributed by atoms with Crippen molar-refractivity contribution in [1.29, 1.82) is 0 Å². The van der Waals surface area contributed by atoms with E-state index in [0.717, 1.165) is 29.8 Å². The van der Waals surface area contributed by atoms with Gasteiger partial charge in [-0.25, -0.2) is 4.98 Å². The van der Waals surface area contributed by atoms with Gasteiger partial charge in [0.15, 0.2) is 0 Å². The van der Waals surface area contributed by atoms with E-state index in [1.165, 1.54) is 12.8 Å². The van der Waals surface area contributed by atoms with Crippen molar-refractivity contribution in [2.24, 2.45) is 5.41 Å². The molecule has 5 nitrogen and oxygen atoms in total. The third-order valence-corrected chi connectivity index (χ3v) is 3.89. The second-order valence-corrected chi connectivity index (χ2v) is 5.60. The summed E-state index contributed by atoms with van der Waals surface area (Å²) in [6.07, 6.45) is 4.98. The summed E-state index contributed by atoms with van der Waals surface area (Å²) in [5, 5.41) is 15.5. The van der Waals surface area contributed by atoms with Gasteiger partial charge < -0.3 is 15.7 Å². The molecule has 0 amide bonds. The summed E-state index contributed by atoms with van der Waals surface area (Å²) < 4.78 is 0.865. The van der Waals surface area contributed by atoms with Crippen LogP contribution in [0.2, 0.25) is 0 Å². The molecule has 0 unspecified atom stereocenters. The van der Waals surface area contributed by atoms with Crippen LogP contribution < -0.4 is 10.6 Å². The first-order valence-corrected chi connectivity index (χ1v) is 7.09. The van der Waals surface area contributed by atoms with Crippen LogP contribution in [0.25, 0.3) is 0 Å². The number of aliphatic hydroxyl groups excluding tert-OH is 1. The molecule has 0 saturated heterocycles. The van der Waals surface area contributed by atoms with E-state index in [9.17, 15) is 0 Å². The molecule has 0 radical (unpaired) electrons. The molecule has 18 heavy (non-hydrogen) atoms. The Morgan fingerprint density at radius 3 is 2.83 bits per heavy atom. The Bertz CT molecular complexity index is 409. The lowest BCUT2D eigenvalue weighted by atomic mass is 10.0. The lowest BCUT2D eigenvalue weighted by Gasteiger charge is -2.16. The third-order valence-electron chi connectivity index (χ3n) is 3.31. The van der Waals surface area contributed by atoms with Crippen molar-refractivity contribution in [2.45, 2.75) is 26.2 Å². The van der Waals surface area contributed by atoms with E-state index in [2.05, 4.69) is 36.5 Å². The van der Waals surface area contributed by atoms with Crippen molar-refractivity contribution in [2.75, 3.05) is 30.3 Å². The smallest absolute Gasteiger partial charge is 0.224 e. The summed E-state index contributed by atoms with van der Waals surface area (Å²) in [6, 6.07) is 0. The minimum atomic E-state index is 0.259. The predicted molar refractivity (Wildman–Crippen MR) is 75.8 cm³/mol. The van der Waals surface area contributed by atoms with Gasteiger partial charge in [0.1, 0.15) is 5.82 Å². The van der Waals surface area contributed by atoms with Crippen molar-refractivity contribution in [3.63, 3.8) is 0 Å². The molecule has 0 spiro atoms. The molecule has 100 valence electrons. The number of nitrogens with one attached hydrogen (secondary N) is 2. The van der Waals surface area contributed by atoms with Gasteiger partial charge in [-0.2, -0.15) is 4.98 Å². The summed E-state index contributed by atoms with van der Waals surface area (Å²) in [5.74, 6) is 1.44. The minimum absolute atomic E-state index is 0.259. The molecule has 0 atom stereocenters. The van der Waals surface area contributed by atoms with Gasteiger partial charge in [-0.05, 0) is 47.5 Å². The highest BCUT2D eigenvalue weighted by molar-refractivity contribution is 9.10. The number of rotatable bonds is 7. The molecule has 1 aromatic heterocycles. The predicted octanol–water partition coefficient (Wildman–Crippen LogP) is 2.25. The summed E-state index contributed by atoms with van der Waals surface area (Å²) in [6.45, 7) is 3.93. The number of halogens is 1. The van der Waals surface area contributed by atoms with Gasteiger partial charge >= 0.3 is 0 Å². The van der Waals surface area contributed by atoms with Crippen LogP contribution in [0.4, 0.5) is 11.8 Å². The zero-order chi connectivity index (χ0) is 13.0.